The van der Waals surface area contributed by atoms with Crippen LogP contribution < -0.4 is 0 Å². The number of methoxy groups -OCH3 is 1. The highest BCUT2D eigenvalue weighted by molar-refractivity contribution is 5.90. The third-order valence-electron chi connectivity index (χ3n) is 7.04. The summed E-state index contributed by atoms with van der Waals surface area (Å²) in [6, 6.07) is 5.47. The normalized spacial score (nSPS) is 37.9. The van der Waals surface area contributed by atoms with Gasteiger partial charge in [-0.1, -0.05) is 13.0 Å². The zero-order chi connectivity index (χ0) is 26.1. The molecule has 2 heterocycles. The van der Waals surface area contributed by atoms with E-state index in [-0.39, 0.29) is 29.2 Å². The molecule has 1 saturated carbocycles. The number of hydrogen-bond donors (Lipinski definition) is 5. The Kier molecular flexibility index (Phi) is 7.83. The number of aromatic hydroxyl groups is 1. The maximum absolute atomic E-state index is 12.3. The van der Waals surface area contributed by atoms with Gasteiger partial charge >= 0.3 is 11.9 Å². The minimum absolute atomic E-state index is 0.0669. The van der Waals surface area contributed by atoms with Crippen molar-refractivity contribution in [3.05, 3.63) is 41.7 Å². The minimum atomic E-state index is -1.69. The summed E-state index contributed by atoms with van der Waals surface area (Å²) in [7, 11) is 1.24. The predicted octanol–water partition coefficient (Wildman–Crippen LogP) is -0.581. The fourth-order valence-electron chi connectivity index (χ4n) is 4.96. The van der Waals surface area contributed by atoms with Gasteiger partial charge in [0.25, 0.3) is 0 Å². The Morgan fingerprint density at radius 2 is 1.81 bits per heavy atom. The molecule has 12 nitrogen and oxygen atoms in total. The molecule has 1 aliphatic carbocycles. The highest BCUT2D eigenvalue weighted by Crippen LogP contribution is 2.47. The number of phenolic OH excluding ortho intramolecular Hbond substituents is 1. The van der Waals surface area contributed by atoms with Crippen LogP contribution in [0.1, 0.15) is 23.7 Å². The number of aliphatic hydroxyl groups excluding tert-OH is 4. The van der Waals surface area contributed by atoms with Gasteiger partial charge in [0, 0.05) is 11.8 Å². The second-order valence-corrected chi connectivity index (χ2v) is 9.21. The molecule has 0 amide bonds. The largest absolute Gasteiger partial charge is 0.508 e. The first-order valence-electron chi connectivity index (χ1n) is 11.6. The molecular weight excluding hydrogens is 480 g/mol. The second-order valence-electron chi connectivity index (χ2n) is 9.21. The van der Waals surface area contributed by atoms with Crippen LogP contribution in [0.5, 0.6) is 5.75 Å². The molecule has 0 spiro atoms. The molecule has 12 heteroatoms. The topological polar surface area (TPSA) is 181 Å². The third kappa shape index (κ3) is 5.05. The first-order chi connectivity index (χ1) is 17.1. The summed E-state index contributed by atoms with van der Waals surface area (Å²) in [5, 5.41) is 51.2. The van der Waals surface area contributed by atoms with E-state index in [0.29, 0.717) is 0 Å². The van der Waals surface area contributed by atoms with E-state index in [9.17, 15) is 35.1 Å². The predicted molar refractivity (Wildman–Crippen MR) is 118 cm³/mol. The number of aliphatic hydroxyl groups is 4. The number of carbonyl (C=O) groups is 2. The number of rotatable bonds is 6. The van der Waals surface area contributed by atoms with E-state index < -0.39 is 73.5 Å². The third-order valence-corrected chi connectivity index (χ3v) is 7.04. The SMILES string of the molecule is COC(=O)C1=CO[C@H](O[C@@H]2O[C@H](COC(=O)c3cccc(O)c3)[C@@H](O)[C@H](O)[C@H]2O)[C@H]2[C@H](C)[C@H](O)C[C@@H]12. The van der Waals surface area contributed by atoms with Gasteiger partial charge in [-0.15, -0.1) is 0 Å². The van der Waals surface area contributed by atoms with Gasteiger partial charge in [0.15, 0.2) is 6.29 Å². The van der Waals surface area contributed by atoms with Gasteiger partial charge in [-0.3, -0.25) is 0 Å². The van der Waals surface area contributed by atoms with Crippen molar-refractivity contribution in [1.29, 1.82) is 0 Å². The lowest BCUT2D eigenvalue weighted by Gasteiger charge is -2.43. The Morgan fingerprint density at radius 1 is 1.06 bits per heavy atom. The summed E-state index contributed by atoms with van der Waals surface area (Å²) in [6.45, 7) is 1.29. The zero-order valence-corrected chi connectivity index (χ0v) is 19.7. The van der Waals surface area contributed by atoms with Crippen LogP contribution in [0.2, 0.25) is 0 Å². The van der Waals surface area contributed by atoms with Gasteiger partial charge in [-0.05, 0) is 30.5 Å². The molecule has 2 fully saturated rings. The van der Waals surface area contributed by atoms with Crippen molar-refractivity contribution >= 4 is 11.9 Å². The molecule has 0 unspecified atom stereocenters. The average molecular weight is 510 g/mol. The van der Waals surface area contributed by atoms with E-state index in [1.807, 2.05) is 0 Å². The van der Waals surface area contributed by atoms with Crippen LogP contribution in [-0.4, -0.2) is 94.3 Å². The van der Waals surface area contributed by atoms with Crippen molar-refractivity contribution < 1.29 is 58.8 Å². The van der Waals surface area contributed by atoms with E-state index in [0.717, 1.165) is 0 Å². The van der Waals surface area contributed by atoms with E-state index in [4.69, 9.17) is 23.7 Å². The molecule has 0 radical (unpaired) electrons. The Morgan fingerprint density at radius 3 is 2.50 bits per heavy atom. The number of benzene rings is 1. The molecule has 2 aliphatic heterocycles. The molecule has 36 heavy (non-hydrogen) atoms. The molecule has 5 N–H and O–H groups in total. The van der Waals surface area contributed by atoms with Crippen molar-refractivity contribution in [1.82, 2.24) is 0 Å². The van der Waals surface area contributed by atoms with Crippen LogP contribution in [0, 0.1) is 17.8 Å². The van der Waals surface area contributed by atoms with Crippen LogP contribution in [0.4, 0.5) is 0 Å². The lowest BCUT2D eigenvalue weighted by Crippen LogP contribution is -2.60. The van der Waals surface area contributed by atoms with Gasteiger partial charge in [0.2, 0.25) is 6.29 Å². The number of phenols is 1. The maximum Gasteiger partial charge on any atom is 0.338 e. The standard InChI is InChI=1S/C24H30O12/c1-10-15(26)7-13-14(22(31)32-2)8-34-23(17(10)13)36-24-20(29)19(28)18(27)16(35-24)9-33-21(30)11-4-3-5-12(25)6-11/h3-6,8,10,13,15-20,23-29H,7,9H2,1-2H3/t10-,13+,15-,16-,17+,18-,19+,20-,23-,24+/m1/s1. The molecule has 1 saturated heterocycles. The monoisotopic (exact) mass is 510 g/mol. The second kappa shape index (κ2) is 10.7. The van der Waals surface area contributed by atoms with Crippen LogP contribution in [0.25, 0.3) is 0 Å². The van der Waals surface area contributed by atoms with Gasteiger partial charge in [0.05, 0.1) is 30.6 Å². The number of hydrogen-bond acceptors (Lipinski definition) is 12. The van der Waals surface area contributed by atoms with Crippen molar-refractivity contribution in [2.24, 2.45) is 17.8 Å². The van der Waals surface area contributed by atoms with E-state index >= 15 is 0 Å². The van der Waals surface area contributed by atoms with Crippen LogP contribution in [0.3, 0.4) is 0 Å². The molecule has 198 valence electrons. The lowest BCUT2D eigenvalue weighted by atomic mass is 9.83. The Balaban J connectivity index is 1.46. The molecule has 3 aliphatic rings. The molecule has 0 bridgehead atoms. The molecule has 1 aromatic carbocycles. The van der Waals surface area contributed by atoms with Gasteiger partial charge < -0.3 is 49.2 Å². The van der Waals surface area contributed by atoms with Crippen LogP contribution >= 0.6 is 0 Å². The lowest BCUT2D eigenvalue weighted by molar-refractivity contribution is -0.342. The fourth-order valence-corrected chi connectivity index (χ4v) is 4.96. The fraction of sp³-hybridized carbons (Fsp3) is 0.583. The molecular formula is C24H30O12. The number of esters is 2. The number of ether oxygens (including phenoxy) is 5. The summed E-state index contributed by atoms with van der Waals surface area (Å²) in [5.41, 5.74) is 0.320. The van der Waals surface area contributed by atoms with Crippen molar-refractivity contribution in [3.63, 3.8) is 0 Å². The Labute approximate surface area is 206 Å². The highest BCUT2D eigenvalue weighted by atomic mass is 16.8. The molecule has 4 rings (SSSR count). The van der Waals surface area contributed by atoms with E-state index in [1.54, 1.807) is 6.92 Å². The van der Waals surface area contributed by atoms with Crippen LogP contribution in [0.15, 0.2) is 36.1 Å². The number of fused-ring (bicyclic) bond motifs is 1. The summed E-state index contributed by atoms with van der Waals surface area (Å²) >= 11 is 0. The first kappa shape index (κ1) is 26.3. The quantitative estimate of drug-likeness (QED) is 0.308. The molecule has 0 aromatic heterocycles. The van der Waals surface area contributed by atoms with Crippen molar-refractivity contribution in [3.8, 4) is 5.75 Å². The first-order valence-corrected chi connectivity index (χ1v) is 11.6. The van der Waals surface area contributed by atoms with Crippen LogP contribution in [-0.2, 0) is 28.5 Å². The van der Waals surface area contributed by atoms with Gasteiger partial charge in [0.1, 0.15) is 36.8 Å². The Bertz CT molecular complexity index is 995. The van der Waals surface area contributed by atoms with E-state index in [1.165, 1.54) is 37.6 Å². The van der Waals surface area contributed by atoms with Crippen molar-refractivity contribution in [2.75, 3.05) is 13.7 Å². The summed E-state index contributed by atoms with van der Waals surface area (Å²) in [6.07, 6.45) is -8.05. The zero-order valence-electron chi connectivity index (χ0n) is 19.7. The minimum Gasteiger partial charge on any atom is -0.508 e. The maximum atomic E-state index is 12.3. The Hall–Kier alpha value is -2.74. The smallest absolute Gasteiger partial charge is 0.338 e. The summed E-state index contributed by atoms with van der Waals surface area (Å²) < 4.78 is 27.1. The highest BCUT2D eigenvalue weighted by Gasteiger charge is 2.53. The summed E-state index contributed by atoms with van der Waals surface area (Å²) in [5.74, 6) is -2.80. The molecule has 10 atom stereocenters. The van der Waals surface area contributed by atoms with Crippen molar-refractivity contribution in [2.45, 2.75) is 56.4 Å². The number of carbonyl (C=O) groups excluding carboxylic acids is 2. The van der Waals surface area contributed by atoms with E-state index in [2.05, 4.69) is 0 Å². The van der Waals surface area contributed by atoms with Gasteiger partial charge in [-0.25, -0.2) is 9.59 Å². The molecule has 1 aromatic rings. The summed E-state index contributed by atoms with van der Waals surface area (Å²) in [4.78, 5) is 24.5. The van der Waals surface area contributed by atoms with Gasteiger partial charge in [-0.2, -0.15) is 0 Å². The average Bonchev–Trinajstić information content (AvgIpc) is 3.17.